The van der Waals surface area contributed by atoms with E-state index in [1.165, 1.54) is 32.4 Å². The van der Waals surface area contributed by atoms with E-state index in [4.69, 9.17) is 25.8 Å². The zero-order chi connectivity index (χ0) is 31.6. The molecule has 0 saturated heterocycles. The van der Waals surface area contributed by atoms with E-state index < -0.39 is 34.4 Å². The summed E-state index contributed by atoms with van der Waals surface area (Å²) in [5.41, 5.74) is 0.585. The number of aromatic nitrogens is 1. The van der Waals surface area contributed by atoms with Gasteiger partial charge in [0.1, 0.15) is 12.3 Å². The highest BCUT2D eigenvalue weighted by Crippen LogP contribution is 2.22. The van der Waals surface area contributed by atoms with Gasteiger partial charge in [-0.1, -0.05) is 23.7 Å². The smallest absolute Gasteiger partial charge is 0.325 e. The number of ether oxygens (including phenoxy) is 3. The van der Waals surface area contributed by atoms with Crippen LogP contribution in [0.4, 0.5) is 0 Å². The summed E-state index contributed by atoms with van der Waals surface area (Å²) in [6.07, 6.45) is 1.40. The normalized spacial score (nSPS) is 10.8. The molecule has 2 aromatic carbocycles. The molecule has 3 N–H and O–H groups in total. The van der Waals surface area contributed by atoms with Gasteiger partial charge in [-0.2, -0.15) is 0 Å². The van der Waals surface area contributed by atoms with Gasteiger partial charge >= 0.3 is 5.97 Å². The highest BCUT2D eigenvalue weighted by Gasteiger charge is 2.22. The summed E-state index contributed by atoms with van der Waals surface area (Å²) in [4.78, 5) is 52.8. The Balaban J connectivity index is 1.60. The fourth-order valence-corrected chi connectivity index (χ4v) is 4.82. The number of carbonyl (C=O) groups excluding carboxylic acids is 4. The fraction of sp³-hybridized carbons (Fsp3) is 0.250. The number of halogens is 1. The van der Waals surface area contributed by atoms with Crippen LogP contribution in [0.25, 0.3) is 0 Å². The SMILES string of the molecule is CCOC(=O)CNC(=O)c1ncc(C(=O)NS(=O)(=O)c2ccc(CCNC(=O)c3cc(OC)ccc3Cl)cc2)cc1OC. The largest absolute Gasteiger partial charge is 0.497 e. The first-order valence-electron chi connectivity index (χ1n) is 12.7. The lowest BCUT2D eigenvalue weighted by Gasteiger charge is -2.11. The summed E-state index contributed by atoms with van der Waals surface area (Å²) in [6, 6.07) is 11.6. The number of hydrogen-bond donors (Lipinski definition) is 3. The lowest BCUT2D eigenvalue weighted by molar-refractivity contribution is -0.141. The molecule has 13 nitrogen and oxygen atoms in total. The second kappa shape index (κ2) is 15.0. The van der Waals surface area contributed by atoms with Crippen molar-refractivity contribution in [3.63, 3.8) is 0 Å². The van der Waals surface area contributed by atoms with E-state index in [-0.39, 0.29) is 51.5 Å². The summed E-state index contributed by atoms with van der Waals surface area (Å²) in [5, 5.41) is 5.34. The number of rotatable bonds is 13. The van der Waals surface area contributed by atoms with E-state index >= 15 is 0 Å². The van der Waals surface area contributed by atoms with Crippen LogP contribution < -0.4 is 24.8 Å². The van der Waals surface area contributed by atoms with Gasteiger partial charge in [-0.05, 0) is 55.3 Å². The average molecular weight is 633 g/mol. The number of carbonyl (C=O) groups is 4. The van der Waals surface area contributed by atoms with Gasteiger partial charge in [0, 0.05) is 12.7 Å². The Bertz CT molecular complexity index is 1610. The number of methoxy groups -OCH3 is 2. The van der Waals surface area contributed by atoms with Gasteiger partial charge in [-0.15, -0.1) is 0 Å². The maximum atomic E-state index is 12.8. The van der Waals surface area contributed by atoms with E-state index in [0.29, 0.717) is 12.2 Å². The zero-order valence-electron chi connectivity index (χ0n) is 23.4. The molecule has 0 aliphatic heterocycles. The summed E-state index contributed by atoms with van der Waals surface area (Å²) >= 11 is 6.10. The van der Waals surface area contributed by atoms with E-state index in [0.717, 1.165) is 17.8 Å². The molecule has 0 saturated carbocycles. The van der Waals surface area contributed by atoms with E-state index in [2.05, 4.69) is 15.6 Å². The highest BCUT2D eigenvalue weighted by atomic mass is 35.5. The molecule has 0 aliphatic carbocycles. The first kappa shape index (κ1) is 32.8. The predicted octanol–water partition coefficient (Wildman–Crippen LogP) is 2.14. The minimum Gasteiger partial charge on any atom is -0.497 e. The van der Waals surface area contributed by atoms with Crippen molar-refractivity contribution in [2.45, 2.75) is 18.2 Å². The Morgan fingerprint density at radius 2 is 1.63 bits per heavy atom. The topological polar surface area (TPSA) is 179 Å². The summed E-state index contributed by atoms with van der Waals surface area (Å²) in [6.45, 7) is 1.62. The molecule has 1 heterocycles. The maximum Gasteiger partial charge on any atom is 0.325 e. The van der Waals surface area contributed by atoms with Crippen LogP contribution in [-0.4, -0.2) is 71.0 Å². The number of sulfonamides is 1. The Morgan fingerprint density at radius 3 is 2.28 bits per heavy atom. The summed E-state index contributed by atoms with van der Waals surface area (Å²) in [7, 11) is -1.56. The zero-order valence-corrected chi connectivity index (χ0v) is 25.0. The van der Waals surface area contributed by atoms with E-state index in [9.17, 15) is 27.6 Å². The van der Waals surface area contributed by atoms with Crippen molar-refractivity contribution >= 4 is 45.3 Å². The van der Waals surface area contributed by atoms with Gasteiger partial charge in [0.15, 0.2) is 11.4 Å². The summed E-state index contributed by atoms with van der Waals surface area (Å²) < 4.78 is 42.6. The summed E-state index contributed by atoms with van der Waals surface area (Å²) in [5.74, 6) is -2.43. The lowest BCUT2D eigenvalue weighted by Crippen LogP contribution is -2.32. The monoisotopic (exact) mass is 632 g/mol. The standard InChI is InChI=1S/C28H29ClN4O9S/c1-4-42-24(34)16-32-28(37)25-23(41-3)13-18(15-31-25)26(35)33-43(38,39)20-8-5-17(6-9-20)11-12-30-27(36)21-14-19(40-2)7-10-22(21)29/h5-10,13-15H,4,11-12,16H2,1-3H3,(H,30,36)(H,32,37)(H,33,35). The number of esters is 1. The van der Waals surface area contributed by atoms with Gasteiger partial charge in [0.05, 0.1) is 41.9 Å². The van der Waals surface area contributed by atoms with Crippen molar-refractivity contribution in [1.82, 2.24) is 20.3 Å². The van der Waals surface area contributed by atoms with Gasteiger partial charge in [0.2, 0.25) is 0 Å². The minimum absolute atomic E-state index is 0.114. The number of nitrogens with one attached hydrogen (secondary N) is 3. The third-order valence-electron chi connectivity index (χ3n) is 5.83. The van der Waals surface area contributed by atoms with E-state index in [1.54, 1.807) is 31.2 Å². The van der Waals surface area contributed by atoms with Crippen LogP contribution in [-0.2, 0) is 26.0 Å². The van der Waals surface area contributed by atoms with Gasteiger partial charge in [-0.25, -0.2) is 18.1 Å². The third-order valence-corrected chi connectivity index (χ3v) is 7.50. The first-order chi connectivity index (χ1) is 20.5. The van der Waals surface area contributed by atoms with Crippen LogP contribution in [0.15, 0.2) is 59.6 Å². The van der Waals surface area contributed by atoms with Crippen LogP contribution in [0.3, 0.4) is 0 Å². The first-order valence-corrected chi connectivity index (χ1v) is 14.6. The van der Waals surface area contributed by atoms with Gasteiger partial charge < -0.3 is 24.8 Å². The Morgan fingerprint density at radius 1 is 0.907 bits per heavy atom. The van der Waals surface area contributed by atoms with Crippen molar-refractivity contribution in [3.05, 3.63) is 82.1 Å². The van der Waals surface area contributed by atoms with Crippen molar-refractivity contribution in [2.24, 2.45) is 0 Å². The predicted molar refractivity (Wildman–Crippen MR) is 155 cm³/mol. The molecular formula is C28H29ClN4O9S. The molecule has 3 rings (SSSR count). The van der Waals surface area contributed by atoms with Crippen LogP contribution in [0.5, 0.6) is 11.5 Å². The fourth-order valence-electron chi connectivity index (χ4n) is 3.64. The third kappa shape index (κ3) is 8.90. The quantitative estimate of drug-likeness (QED) is 0.236. The molecule has 3 amide bonds. The minimum atomic E-state index is -4.27. The number of hydrogen-bond acceptors (Lipinski definition) is 10. The molecular weight excluding hydrogens is 604 g/mol. The second-order valence-electron chi connectivity index (χ2n) is 8.69. The second-order valence-corrected chi connectivity index (χ2v) is 10.8. The van der Waals surface area contributed by atoms with E-state index in [1.807, 2.05) is 4.72 Å². The van der Waals surface area contributed by atoms with Crippen LogP contribution in [0, 0.1) is 0 Å². The molecule has 15 heteroatoms. The molecule has 0 spiro atoms. The molecule has 0 bridgehead atoms. The van der Waals surface area contributed by atoms with Crippen LogP contribution >= 0.6 is 11.6 Å². The molecule has 0 unspecified atom stereocenters. The molecule has 43 heavy (non-hydrogen) atoms. The van der Waals surface area contributed by atoms with Crippen molar-refractivity contribution in [1.29, 1.82) is 0 Å². The van der Waals surface area contributed by atoms with Crippen molar-refractivity contribution < 1.29 is 41.8 Å². The average Bonchev–Trinajstić information content (AvgIpc) is 2.99. The van der Waals surface area contributed by atoms with Crippen LogP contribution in [0.1, 0.15) is 43.7 Å². The molecule has 0 atom stereocenters. The molecule has 0 fully saturated rings. The Hall–Kier alpha value is -4.69. The molecule has 0 radical (unpaired) electrons. The molecule has 0 aliphatic rings. The molecule has 228 valence electrons. The molecule has 1 aromatic heterocycles. The number of nitrogens with zero attached hydrogens (tertiary/aromatic N) is 1. The van der Waals surface area contributed by atoms with Crippen molar-refractivity contribution in [3.8, 4) is 11.5 Å². The van der Waals surface area contributed by atoms with Crippen LogP contribution in [0.2, 0.25) is 5.02 Å². The number of amides is 3. The maximum absolute atomic E-state index is 12.8. The van der Waals surface area contributed by atoms with Gasteiger partial charge in [0.25, 0.3) is 27.7 Å². The Kier molecular flexibility index (Phi) is 11.4. The van der Waals surface area contributed by atoms with Crippen molar-refractivity contribution in [2.75, 3.05) is 33.9 Å². The lowest BCUT2D eigenvalue weighted by atomic mass is 10.1. The Labute approximate surface area is 252 Å². The molecule has 3 aromatic rings. The number of pyridine rings is 1. The van der Waals surface area contributed by atoms with Gasteiger partial charge in [-0.3, -0.25) is 19.2 Å². The number of benzene rings is 2. The highest BCUT2D eigenvalue weighted by molar-refractivity contribution is 7.90.